The molecule has 1 N–H and O–H groups in total. The summed E-state index contributed by atoms with van der Waals surface area (Å²) in [6.45, 7) is 10.7. The molecule has 82 valence electrons. The number of rotatable bonds is 1. The fourth-order valence-corrected chi connectivity index (χ4v) is 1.89. The van der Waals surface area contributed by atoms with Crippen LogP contribution < -0.4 is 0 Å². The average Bonchev–Trinajstić information content (AvgIpc) is 2.23. The van der Waals surface area contributed by atoms with Crippen LogP contribution in [0, 0.1) is 5.41 Å². The molecular formula is C11H20O3. The summed E-state index contributed by atoms with van der Waals surface area (Å²) in [7, 11) is 0. The Morgan fingerprint density at radius 1 is 1.57 bits per heavy atom. The molecular weight excluding hydrogens is 180 g/mol. The summed E-state index contributed by atoms with van der Waals surface area (Å²) in [4.78, 5) is 8.36. The van der Waals surface area contributed by atoms with Crippen LogP contribution in [0.2, 0.25) is 0 Å². The zero-order chi connectivity index (χ0) is 11.4. The van der Waals surface area contributed by atoms with E-state index in [9.17, 15) is 0 Å². The minimum Gasteiger partial charge on any atom is -0.494 e. The van der Waals surface area contributed by atoms with Crippen molar-refractivity contribution in [3.8, 4) is 0 Å². The Balaban J connectivity index is 0.000000500. The summed E-state index contributed by atoms with van der Waals surface area (Å²) in [5.41, 5.74) is 1.73. The van der Waals surface area contributed by atoms with Crippen molar-refractivity contribution < 1.29 is 14.6 Å². The van der Waals surface area contributed by atoms with Gasteiger partial charge in [-0.15, -0.1) is 0 Å². The van der Waals surface area contributed by atoms with Gasteiger partial charge in [-0.1, -0.05) is 20.8 Å². The van der Waals surface area contributed by atoms with Gasteiger partial charge in [-0.3, -0.25) is 4.79 Å². The van der Waals surface area contributed by atoms with Crippen molar-refractivity contribution in [3.05, 3.63) is 11.3 Å². The van der Waals surface area contributed by atoms with Gasteiger partial charge < -0.3 is 9.84 Å². The average molecular weight is 200 g/mol. The normalized spacial score (nSPS) is 23.6. The van der Waals surface area contributed by atoms with E-state index in [2.05, 4.69) is 34.6 Å². The Kier molecular flexibility index (Phi) is 4.68. The Morgan fingerprint density at radius 3 is 2.14 bits per heavy atom. The molecule has 0 saturated heterocycles. The lowest BCUT2D eigenvalue weighted by molar-refractivity contribution is -0.122. The third-order valence-electron chi connectivity index (χ3n) is 2.93. The molecule has 3 nitrogen and oxygen atoms in total. The lowest BCUT2D eigenvalue weighted by atomic mass is 9.80. The van der Waals surface area contributed by atoms with Crippen LogP contribution in [0.25, 0.3) is 0 Å². The topological polar surface area (TPSA) is 46.5 Å². The van der Waals surface area contributed by atoms with Gasteiger partial charge in [0.05, 0.1) is 5.76 Å². The Labute approximate surface area is 85.8 Å². The summed E-state index contributed by atoms with van der Waals surface area (Å²) in [5, 5.41) is 6.89. The highest BCUT2D eigenvalue weighted by Crippen LogP contribution is 2.42. The third kappa shape index (κ3) is 2.50. The smallest absolute Gasteiger partial charge is 0.290 e. The molecule has 1 rings (SSSR count). The van der Waals surface area contributed by atoms with Crippen molar-refractivity contribution in [3.63, 3.8) is 0 Å². The molecule has 3 heteroatoms. The van der Waals surface area contributed by atoms with Crippen molar-refractivity contribution in [1.29, 1.82) is 0 Å². The predicted molar refractivity (Wildman–Crippen MR) is 56.0 cm³/mol. The molecule has 0 aliphatic carbocycles. The maximum Gasteiger partial charge on any atom is 0.290 e. The van der Waals surface area contributed by atoms with Gasteiger partial charge in [-0.2, -0.15) is 0 Å². The van der Waals surface area contributed by atoms with Gasteiger partial charge in [0.2, 0.25) is 0 Å². The number of allylic oxidation sites excluding steroid dienone is 1. The van der Waals surface area contributed by atoms with Crippen LogP contribution in [0.1, 0.15) is 41.0 Å². The first-order valence-electron chi connectivity index (χ1n) is 4.86. The van der Waals surface area contributed by atoms with Crippen LogP contribution in [-0.2, 0) is 9.53 Å². The van der Waals surface area contributed by atoms with E-state index in [4.69, 9.17) is 14.6 Å². The molecule has 0 fully saturated rings. The highest BCUT2D eigenvalue weighted by Gasteiger charge is 2.37. The van der Waals surface area contributed by atoms with Crippen LogP contribution in [0.4, 0.5) is 0 Å². The second-order valence-corrected chi connectivity index (χ2v) is 3.98. The summed E-state index contributed by atoms with van der Waals surface area (Å²) in [5.74, 6) is 1.14. The van der Waals surface area contributed by atoms with E-state index in [1.807, 2.05) is 0 Å². The minimum atomic E-state index is -0.250. The molecule has 0 aromatic carbocycles. The molecule has 1 heterocycles. The first-order chi connectivity index (χ1) is 6.41. The van der Waals surface area contributed by atoms with E-state index in [0.717, 1.165) is 12.2 Å². The van der Waals surface area contributed by atoms with Crippen LogP contribution in [0.3, 0.4) is 0 Å². The van der Waals surface area contributed by atoms with Crippen molar-refractivity contribution in [1.82, 2.24) is 0 Å². The van der Waals surface area contributed by atoms with E-state index in [-0.39, 0.29) is 11.9 Å². The van der Waals surface area contributed by atoms with E-state index in [1.165, 1.54) is 5.57 Å². The first kappa shape index (κ1) is 13.0. The van der Waals surface area contributed by atoms with E-state index < -0.39 is 0 Å². The second-order valence-electron chi connectivity index (χ2n) is 3.98. The fourth-order valence-electron chi connectivity index (χ4n) is 1.89. The van der Waals surface area contributed by atoms with Crippen LogP contribution in [0.15, 0.2) is 11.3 Å². The highest BCUT2D eigenvalue weighted by molar-refractivity contribution is 5.32. The molecule has 0 bridgehead atoms. The first-order valence-corrected chi connectivity index (χ1v) is 4.86. The molecule has 1 atom stereocenters. The SMILES string of the molecule is CCC1=C(C)OC(C)C1(C)C.O=CO. The van der Waals surface area contributed by atoms with Crippen molar-refractivity contribution in [2.45, 2.75) is 47.1 Å². The van der Waals surface area contributed by atoms with Crippen molar-refractivity contribution in [2.24, 2.45) is 5.41 Å². The lowest BCUT2D eigenvalue weighted by Gasteiger charge is -2.24. The van der Waals surface area contributed by atoms with Gasteiger partial charge in [0, 0.05) is 5.41 Å². The van der Waals surface area contributed by atoms with Crippen LogP contribution >= 0.6 is 0 Å². The van der Waals surface area contributed by atoms with E-state index in [0.29, 0.717) is 6.10 Å². The summed E-state index contributed by atoms with van der Waals surface area (Å²) in [6.07, 6.45) is 1.46. The summed E-state index contributed by atoms with van der Waals surface area (Å²) >= 11 is 0. The zero-order valence-corrected chi connectivity index (χ0v) is 9.63. The quantitative estimate of drug-likeness (QED) is 0.662. The highest BCUT2D eigenvalue weighted by atomic mass is 16.5. The largest absolute Gasteiger partial charge is 0.494 e. The molecule has 0 amide bonds. The second kappa shape index (κ2) is 5.03. The van der Waals surface area contributed by atoms with E-state index >= 15 is 0 Å². The Hall–Kier alpha value is -0.990. The molecule has 14 heavy (non-hydrogen) atoms. The molecule has 0 radical (unpaired) electrons. The van der Waals surface area contributed by atoms with Crippen LogP contribution in [0.5, 0.6) is 0 Å². The Morgan fingerprint density at radius 2 is 2.00 bits per heavy atom. The monoisotopic (exact) mass is 200 g/mol. The number of carboxylic acid groups (broad SMARTS) is 1. The molecule has 1 unspecified atom stereocenters. The van der Waals surface area contributed by atoms with Crippen molar-refractivity contribution in [2.75, 3.05) is 0 Å². The zero-order valence-electron chi connectivity index (χ0n) is 9.63. The minimum absolute atomic E-state index is 0.249. The Bertz CT molecular complexity index is 229. The fraction of sp³-hybridized carbons (Fsp3) is 0.727. The number of hydrogen-bond acceptors (Lipinski definition) is 2. The molecule has 1 aliphatic rings. The molecule has 0 aromatic rings. The van der Waals surface area contributed by atoms with Gasteiger partial charge in [-0.05, 0) is 25.8 Å². The van der Waals surface area contributed by atoms with Gasteiger partial charge in [0.15, 0.2) is 0 Å². The lowest BCUT2D eigenvalue weighted by Crippen LogP contribution is -2.24. The molecule has 0 spiro atoms. The van der Waals surface area contributed by atoms with Gasteiger partial charge in [0.25, 0.3) is 6.47 Å². The molecule has 0 saturated carbocycles. The van der Waals surface area contributed by atoms with Gasteiger partial charge in [0.1, 0.15) is 6.10 Å². The number of hydrogen-bond donors (Lipinski definition) is 1. The van der Waals surface area contributed by atoms with Crippen LogP contribution in [-0.4, -0.2) is 17.7 Å². The summed E-state index contributed by atoms with van der Waals surface area (Å²) in [6, 6.07) is 0. The molecule has 1 aliphatic heterocycles. The molecule has 0 aromatic heterocycles. The number of ether oxygens (including phenoxy) is 1. The van der Waals surface area contributed by atoms with E-state index in [1.54, 1.807) is 0 Å². The van der Waals surface area contributed by atoms with Gasteiger partial charge in [-0.25, -0.2) is 0 Å². The van der Waals surface area contributed by atoms with Crippen molar-refractivity contribution >= 4 is 6.47 Å². The maximum atomic E-state index is 8.36. The maximum absolute atomic E-state index is 8.36. The number of carbonyl (C=O) groups is 1. The summed E-state index contributed by atoms with van der Waals surface area (Å²) < 4.78 is 5.66. The standard InChI is InChI=1S/C10H18O.CH2O2/c1-6-9-7(2)11-8(3)10(9,4)5;2-1-3/h8H,6H2,1-5H3;1H,(H,2,3). The third-order valence-corrected chi connectivity index (χ3v) is 2.93. The predicted octanol–water partition coefficient (Wildman–Crippen LogP) is 2.82. The van der Waals surface area contributed by atoms with Gasteiger partial charge >= 0.3 is 0 Å².